The van der Waals surface area contributed by atoms with E-state index in [4.69, 9.17) is 0 Å². The zero-order valence-corrected chi connectivity index (χ0v) is 10.2. The van der Waals surface area contributed by atoms with Gasteiger partial charge in [0.15, 0.2) is 0 Å². The van der Waals surface area contributed by atoms with E-state index in [9.17, 15) is 0 Å². The maximum atomic E-state index is 2.48. The summed E-state index contributed by atoms with van der Waals surface area (Å²) < 4.78 is 1.32. The number of halogens is 1. The summed E-state index contributed by atoms with van der Waals surface area (Å²) in [6, 6.07) is 0. The summed E-state index contributed by atoms with van der Waals surface area (Å²) in [7, 11) is 0. The Morgan fingerprint density at radius 2 is 1.64 bits per heavy atom. The van der Waals surface area contributed by atoms with Crippen LogP contribution in [0, 0.1) is 11.8 Å². The Labute approximate surface area is 85.3 Å². The van der Waals surface area contributed by atoms with Gasteiger partial charge in [0.05, 0.1) is 0 Å². The first-order chi connectivity index (χ1) is 5.20. The molecule has 0 heterocycles. The minimum Gasteiger partial charge on any atom is -0.0861 e. The standard InChI is InChI=1S/C10H21I/c1-4-9(2)6-5-7-10(3)8-11/h9-10H,4-8H2,1-3H3. The summed E-state index contributed by atoms with van der Waals surface area (Å²) in [5, 5.41) is 0. The average molecular weight is 268 g/mol. The third-order valence-electron chi connectivity index (χ3n) is 2.35. The van der Waals surface area contributed by atoms with Crippen molar-refractivity contribution in [2.24, 2.45) is 11.8 Å². The maximum Gasteiger partial charge on any atom is 0.00210 e. The van der Waals surface area contributed by atoms with E-state index in [0.717, 1.165) is 11.8 Å². The van der Waals surface area contributed by atoms with Crippen molar-refractivity contribution in [2.45, 2.75) is 46.5 Å². The molecule has 2 atom stereocenters. The van der Waals surface area contributed by atoms with Crippen LogP contribution in [0.3, 0.4) is 0 Å². The fourth-order valence-electron chi connectivity index (χ4n) is 1.10. The highest BCUT2D eigenvalue weighted by Gasteiger charge is 2.01. The van der Waals surface area contributed by atoms with Crippen molar-refractivity contribution in [3.63, 3.8) is 0 Å². The molecule has 2 unspecified atom stereocenters. The van der Waals surface area contributed by atoms with Crippen molar-refractivity contribution in [3.05, 3.63) is 0 Å². The first-order valence-corrected chi connectivity index (χ1v) is 6.29. The van der Waals surface area contributed by atoms with Crippen LogP contribution in [0.5, 0.6) is 0 Å². The molecule has 0 radical (unpaired) electrons. The Bertz CT molecular complexity index is 70.9. The van der Waals surface area contributed by atoms with Crippen LogP contribution in [0.2, 0.25) is 0 Å². The third-order valence-corrected chi connectivity index (χ3v) is 3.86. The minimum atomic E-state index is 0.930. The molecule has 0 aliphatic rings. The second kappa shape index (κ2) is 7.38. The van der Waals surface area contributed by atoms with E-state index in [1.807, 2.05) is 0 Å². The summed E-state index contributed by atoms with van der Waals surface area (Å²) in [6.07, 6.45) is 5.63. The van der Waals surface area contributed by atoms with Crippen molar-refractivity contribution in [1.82, 2.24) is 0 Å². The largest absolute Gasteiger partial charge is 0.0861 e. The van der Waals surface area contributed by atoms with Crippen LogP contribution in [-0.4, -0.2) is 4.43 Å². The second-order valence-electron chi connectivity index (χ2n) is 3.70. The van der Waals surface area contributed by atoms with Crippen molar-refractivity contribution in [1.29, 1.82) is 0 Å². The molecule has 0 saturated carbocycles. The highest BCUT2D eigenvalue weighted by molar-refractivity contribution is 14.1. The molecule has 68 valence electrons. The lowest BCUT2D eigenvalue weighted by Gasteiger charge is -2.10. The summed E-state index contributed by atoms with van der Waals surface area (Å²) >= 11 is 2.48. The minimum absolute atomic E-state index is 0.930. The molecule has 0 N–H and O–H groups in total. The van der Waals surface area contributed by atoms with Crippen LogP contribution in [0.1, 0.15) is 46.5 Å². The third kappa shape index (κ3) is 7.10. The Hall–Kier alpha value is 0.730. The van der Waals surface area contributed by atoms with Gasteiger partial charge in [0.25, 0.3) is 0 Å². The fourth-order valence-corrected chi connectivity index (χ4v) is 1.54. The average Bonchev–Trinajstić information content (AvgIpc) is 2.04. The van der Waals surface area contributed by atoms with Crippen LogP contribution < -0.4 is 0 Å². The fraction of sp³-hybridized carbons (Fsp3) is 1.00. The molecule has 0 saturated heterocycles. The Morgan fingerprint density at radius 1 is 1.09 bits per heavy atom. The lowest BCUT2D eigenvalue weighted by molar-refractivity contribution is 0.453. The Balaban J connectivity index is 3.13. The van der Waals surface area contributed by atoms with Crippen LogP contribution in [0.25, 0.3) is 0 Å². The molecule has 0 fully saturated rings. The first-order valence-electron chi connectivity index (χ1n) is 4.76. The lowest BCUT2D eigenvalue weighted by Crippen LogP contribution is -1.98. The van der Waals surface area contributed by atoms with Crippen LogP contribution in [-0.2, 0) is 0 Å². The normalized spacial score (nSPS) is 16.4. The molecule has 0 aliphatic heterocycles. The van der Waals surface area contributed by atoms with Crippen molar-refractivity contribution in [2.75, 3.05) is 4.43 Å². The van der Waals surface area contributed by atoms with Gasteiger partial charge < -0.3 is 0 Å². The molecule has 0 spiro atoms. The molecule has 11 heavy (non-hydrogen) atoms. The van der Waals surface area contributed by atoms with Crippen LogP contribution in [0.4, 0.5) is 0 Å². The van der Waals surface area contributed by atoms with Gasteiger partial charge in [0.1, 0.15) is 0 Å². The summed E-state index contributed by atoms with van der Waals surface area (Å²) in [6.45, 7) is 6.99. The SMILES string of the molecule is CCC(C)CCCC(C)CI. The Kier molecular flexibility index (Phi) is 7.87. The molecule has 0 aliphatic carbocycles. The lowest BCUT2D eigenvalue weighted by atomic mass is 9.98. The van der Waals surface area contributed by atoms with E-state index < -0.39 is 0 Å². The number of alkyl halides is 1. The maximum absolute atomic E-state index is 2.48. The molecular weight excluding hydrogens is 247 g/mol. The molecule has 0 nitrogen and oxygen atoms in total. The van der Waals surface area contributed by atoms with Gasteiger partial charge >= 0.3 is 0 Å². The molecule has 0 aromatic heterocycles. The Morgan fingerprint density at radius 3 is 2.09 bits per heavy atom. The predicted octanol–water partition coefficient (Wildman–Crippen LogP) is 4.27. The van der Waals surface area contributed by atoms with E-state index in [1.165, 1.54) is 30.1 Å². The molecular formula is C10H21I. The quantitative estimate of drug-likeness (QED) is 0.498. The van der Waals surface area contributed by atoms with E-state index >= 15 is 0 Å². The van der Waals surface area contributed by atoms with E-state index in [-0.39, 0.29) is 0 Å². The van der Waals surface area contributed by atoms with Gasteiger partial charge in [-0.05, 0) is 18.3 Å². The highest BCUT2D eigenvalue weighted by atomic mass is 127. The monoisotopic (exact) mass is 268 g/mol. The molecule has 0 bridgehead atoms. The van der Waals surface area contributed by atoms with Gasteiger partial charge in [-0.15, -0.1) is 0 Å². The van der Waals surface area contributed by atoms with Gasteiger partial charge in [-0.3, -0.25) is 0 Å². The molecule has 0 amide bonds. The molecule has 0 aromatic rings. The van der Waals surface area contributed by atoms with Crippen molar-refractivity contribution < 1.29 is 0 Å². The number of hydrogen-bond acceptors (Lipinski definition) is 0. The smallest absolute Gasteiger partial charge is 0.00210 e. The molecule has 0 rings (SSSR count). The van der Waals surface area contributed by atoms with Crippen LogP contribution in [0.15, 0.2) is 0 Å². The first kappa shape index (κ1) is 11.7. The van der Waals surface area contributed by atoms with E-state index in [0.29, 0.717) is 0 Å². The zero-order chi connectivity index (χ0) is 8.69. The van der Waals surface area contributed by atoms with Crippen molar-refractivity contribution in [3.8, 4) is 0 Å². The molecule has 1 heteroatoms. The van der Waals surface area contributed by atoms with E-state index in [2.05, 4.69) is 43.4 Å². The summed E-state index contributed by atoms with van der Waals surface area (Å²) in [5.41, 5.74) is 0. The van der Waals surface area contributed by atoms with Gasteiger partial charge in [0, 0.05) is 4.43 Å². The topological polar surface area (TPSA) is 0 Å². The summed E-state index contributed by atoms with van der Waals surface area (Å²) in [5.74, 6) is 1.87. The van der Waals surface area contributed by atoms with Gasteiger partial charge in [0.2, 0.25) is 0 Å². The van der Waals surface area contributed by atoms with Gasteiger partial charge in [-0.2, -0.15) is 0 Å². The zero-order valence-electron chi connectivity index (χ0n) is 8.07. The second-order valence-corrected chi connectivity index (χ2v) is 4.58. The van der Waals surface area contributed by atoms with E-state index in [1.54, 1.807) is 0 Å². The van der Waals surface area contributed by atoms with Gasteiger partial charge in [-0.1, -0.05) is 62.6 Å². The molecule has 0 aromatic carbocycles. The van der Waals surface area contributed by atoms with Crippen LogP contribution >= 0.6 is 22.6 Å². The van der Waals surface area contributed by atoms with Crippen molar-refractivity contribution >= 4 is 22.6 Å². The van der Waals surface area contributed by atoms with Gasteiger partial charge in [-0.25, -0.2) is 0 Å². The highest BCUT2D eigenvalue weighted by Crippen LogP contribution is 2.15. The number of rotatable bonds is 6. The summed E-state index contributed by atoms with van der Waals surface area (Å²) in [4.78, 5) is 0. The predicted molar refractivity (Wildman–Crippen MR) is 61.4 cm³/mol. The number of hydrogen-bond donors (Lipinski definition) is 0.